The molecule has 0 aromatic rings. The number of hydrogen-bond acceptors (Lipinski definition) is 2. The Hall–Kier alpha value is -0.550. The van der Waals surface area contributed by atoms with Crippen LogP contribution in [0.4, 0.5) is 0 Å². The van der Waals surface area contributed by atoms with Crippen molar-refractivity contribution in [1.82, 2.24) is 0 Å². The van der Waals surface area contributed by atoms with Gasteiger partial charge in [-0.2, -0.15) is 5.26 Å². The Morgan fingerprint density at radius 1 is 1.11 bits per heavy atom. The Kier molecular flexibility index (Phi) is 5.66. The van der Waals surface area contributed by atoms with Gasteiger partial charge in [0.2, 0.25) is 0 Å². The highest BCUT2D eigenvalue weighted by Crippen LogP contribution is 2.47. The van der Waals surface area contributed by atoms with Crippen LogP contribution in [0.15, 0.2) is 0 Å². The molecular weight excluding hydrogens is 222 g/mol. The fourth-order valence-electron chi connectivity index (χ4n) is 2.93. The van der Waals surface area contributed by atoms with Crippen LogP contribution < -0.4 is 0 Å². The van der Waals surface area contributed by atoms with E-state index in [9.17, 15) is 10.4 Å². The average molecular weight is 251 g/mol. The lowest BCUT2D eigenvalue weighted by atomic mass is 9.63. The summed E-state index contributed by atoms with van der Waals surface area (Å²) < 4.78 is 0. The molecule has 0 aliphatic heterocycles. The largest absolute Gasteiger partial charge is 0.391 e. The van der Waals surface area contributed by atoms with Crippen LogP contribution in [0.3, 0.4) is 0 Å². The van der Waals surface area contributed by atoms with Gasteiger partial charge >= 0.3 is 0 Å². The smallest absolute Gasteiger partial charge is 0.0832 e. The lowest BCUT2D eigenvalue weighted by molar-refractivity contribution is 0.00469. The molecule has 1 unspecified atom stereocenters. The Morgan fingerprint density at radius 2 is 1.72 bits per heavy atom. The summed E-state index contributed by atoms with van der Waals surface area (Å²) in [5.74, 6) is 0. The molecule has 1 saturated carbocycles. The number of unbranched alkanes of at least 4 members (excludes halogenated alkanes) is 3. The zero-order valence-corrected chi connectivity index (χ0v) is 12.3. The summed E-state index contributed by atoms with van der Waals surface area (Å²) in [5.41, 5.74) is -0.107. The maximum atomic E-state index is 10.4. The molecule has 1 aliphatic rings. The van der Waals surface area contributed by atoms with E-state index in [1.54, 1.807) is 0 Å². The molecule has 2 nitrogen and oxygen atoms in total. The predicted octanol–water partition coefficient (Wildman–Crippen LogP) is 4.43. The predicted molar refractivity (Wildman–Crippen MR) is 75.1 cm³/mol. The van der Waals surface area contributed by atoms with Crippen molar-refractivity contribution in [3.63, 3.8) is 0 Å². The van der Waals surface area contributed by atoms with Crippen LogP contribution in [0.25, 0.3) is 0 Å². The molecular formula is C16H29NO. The van der Waals surface area contributed by atoms with Crippen molar-refractivity contribution >= 4 is 0 Å². The number of aliphatic hydroxyl groups excluding tert-OH is 1. The molecule has 0 radical (unpaired) electrons. The third kappa shape index (κ3) is 3.99. The van der Waals surface area contributed by atoms with E-state index in [2.05, 4.69) is 26.8 Å². The van der Waals surface area contributed by atoms with Crippen molar-refractivity contribution in [2.24, 2.45) is 10.8 Å². The molecule has 1 N–H and O–H groups in total. The first-order valence-corrected chi connectivity index (χ1v) is 7.55. The highest BCUT2D eigenvalue weighted by atomic mass is 16.3. The molecule has 18 heavy (non-hydrogen) atoms. The Labute approximate surface area is 112 Å². The van der Waals surface area contributed by atoms with Crippen molar-refractivity contribution in [2.75, 3.05) is 0 Å². The summed E-state index contributed by atoms with van der Waals surface area (Å²) in [6, 6.07) is 2.45. The van der Waals surface area contributed by atoms with Crippen molar-refractivity contribution in [3.8, 4) is 6.07 Å². The van der Waals surface area contributed by atoms with Crippen molar-refractivity contribution in [3.05, 3.63) is 0 Å². The summed E-state index contributed by atoms with van der Waals surface area (Å²) in [7, 11) is 0. The molecule has 0 heterocycles. The van der Waals surface area contributed by atoms with Crippen LogP contribution >= 0.6 is 0 Å². The summed E-state index contributed by atoms with van der Waals surface area (Å²) >= 11 is 0. The molecule has 1 fully saturated rings. The van der Waals surface area contributed by atoms with Gasteiger partial charge in [0, 0.05) is 0 Å². The molecule has 2 heteroatoms. The van der Waals surface area contributed by atoms with Crippen molar-refractivity contribution in [1.29, 1.82) is 5.26 Å². The second-order valence-corrected chi connectivity index (χ2v) is 6.80. The first-order valence-electron chi connectivity index (χ1n) is 7.55. The molecule has 0 saturated heterocycles. The van der Waals surface area contributed by atoms with Gasteiger partial charge in [-0.3, -0.25) is 0 Å². The normalized spacial score (nSPS) is 23.3. The highest BCUT2D eigenvalue weighted by molar-refractivity contribution is 5.06. The minimum Gasteiger partial charge on any atom is -0.391 e. The topological polar surface area (TPSA) is 44.0 Å². The summed E-state index contributed by atoms with van der Waals surface area (Å²) in [6.45, 7) is 6.72. The number of rotatable bonds is 6. The fraction of sp³-hybridized carbons (Fsp3) is 0.938. The summed E-state index contributed by atoms with van der Waals surface area (Å²) in [4.78, 5) is 0. The molecule has 0 aromatic carbocycles. The van der Waals surface area contributed by atoms with Gasteiger partial charge in [0.15, 0.2) is 0 Å². The molecule has 0 amide bonds. The standard InChI is InChI=1S/C16H29NO/c1-4-5-6-7-8-14(18)16(13-17)11-9-15(2,3)10-12-16/h14,18H,4-12H2,1-3H3. The lowest BCUT2D eigenvalue weighted by Gasteiger charge is -2.42. The van der Waals surface area contributed by atoms with Crippen LogP contribution in [0, 0.1) is 22.2 Å². The van der Waals surface area contributed by atoms with Crippen LogP contribution in [0.5, 0.6) is 0 Å². The van der Waals surface area contributed by atoms with Crippen LogP contribution in [-0.2, 0) is 0 Å². The Balaban J connectivity index is 2.47. The van der Waals surface area contributed by atoms with E-state index in [0.717, 1.165) is 38.5 Å². The third-order valence-corrected chi connectivity index (χ3v) is 4.69. The lowest BCUT2D eigenvalue weighted by Crippen LogP contribution is -2.39. The van der Waals surface area contributed by atoms with E-state index in [4.69, 9.17) is 0 Å². The van der Waals surface area contributed by atoms with E-state index < -0.39 is 11.5 Å². The van der Waals surface area contributed by atoms with Gasteiger partial charge < -0.3 is 5.11 Å². The number of aliphatic hydroxyl groups is 1. The number of hydrogen-bond donors (Lipinski definition) is 1. The summed E-state index contributed by atoms with van der Waals surface area (Å²) in [5, 5.41) is 19.8. The zero-order valence-electron chi connectivity index (χ0n) is 12.3. The van der Waals surface area contributed by atoms with E-state index >= 15 is 0 Å². The van der Waals surface area contributed by atoms with Gasteiger partial charge in [0.1, 0.15) is 0 Å². The maximum Gasteiger partial charge on any atom is 0.0832 e. The Bertz CT molecular complexity index is 280. The quantitative estimate of drug-likeness (QED) is 0.710. The number of nitriles is 1. The Morgan fingerprint density at radius 3 is 2.22 bits per heavy atom. The third-order valence-electron chi connectivity index (χ3n) is 4.69. The van der Waals surface area contributed by atoms with Gasteiger partial charge in [-0.15, -0.1) is 0 Å². The SMILES string of the molecule is CCCCCCC(O)C1(C#N)CCC(C)(C)CC1. The average Bonchev–Trinajstić information content (AvgIpc) is 2.35. The monoisotopic (exact) mass is 251 g/mol. The van der Waals surface area contributed by atoms with Gasteiger partial charge in [0.25, 0.3) is 0 Å². The van der Waals surface area contributed by atoms with Crippen LogP contribution in [0.2, 0.25) is 0 Å². The molecule has 0 bridgehead atoms. The fourth-order valence-corrected chi connectivity index (χ4v) is 2.93. The van der Waals surface area contributed by atoms with E-state index in [1.165, 1.54) is 19.3 Å². The van der Waals surface area contributed by atoms with Crippen molar-refractivity contribution in [2.45, 2.75) is 84.7 Å². The molecule has 1 rings (SSSR count). The van der Waals surface area contributed by atoms with E-state index in [0.29, 0.717) is 5.41 Å². The van der Waals surface area contributed by atoms with Gasteiger partial charge in [-0.1, -0.05) is 46.5 Å². The summed E-state index contributed by atoms with van der Waals surface area (Å²) in [6.07, 6.45) is 8.93. The minimum atomic E-state index is -0.457. The van der Waals surface area contributed by atoms with Gasteiger partial charge in [-0.05, 0) is 37.5 Å². The molecule has 0 spiro atoms. The first-order chi connectivity index (χ1) is 8.46. The molecule has 1 atom stereocenters. The van der Waals surface area contributed by atoms with Gasteiger partial charge in [-0.25, -0.2) is 0 Å². The molecule has 0 aromatic heterocycles. The molecule has 104 valence electrons. The minimum absolute atomic E-state index is 0.349. The van der Waals surface area contributed by atoms with E-state index in [1.807, 2.05) is 0 Å². The first kappa shape index (κ1) is 15.5. The number of nitrogens with zero attached hydrogens (tertiary/aromatic N) is 1. The van der Waals surface area contributed by atoms with Crippen LogP contribution in [0.1, 0.15) is 78.6 Å². The van der Waals surface area contributed by atoms with Crippen molar-refractivity contribution < 1.29 is 5.11 Å². The van der Waals surface area contributed by atoms with Crippen LogP contribution in [-0.4, -0.2) is 11.2 Å². The maximum absolute atomic E-state index is 10.4. The zero-order chi connectivity index (χ0) is 13.6. The van der Waals surface area contributed by atoms with E-state index in [-0.39, 0.29) is 0 Å². The van der Waals surface area contributed by atoms with Gasteiger partial charge in [0.05, 0.1) is 17.6 Å². The molecule has 1 aliphatic carbocycles. The highest BCUT2D eigenvalue weighted by Gasteiger charge is 2.43. The second-order valence-electron chi connectivity index (χ2n) is 6.80. The second kappa shape index (κ2) is 6.57.